The van der Waals surface area contributed by atoms with Gasteiger partial charge >= 0.3 is 18.8 Å². The second-order valence-electron chi connectivity index (χ2n) is 8.07. The number of urea groups is 1. The van der Waals surface area contributed by atoms with Crippen LogP contribution in [0.15, 0.2) is 53.6 Å². The highest BCUT2D eigenvalue weighted by Crippen LogP contribution is 2.33. The van der Waals surface area contributed by atoms with E-state index in [2.05, 4.69) is 20.3 Å². The normalized spacial score (nSPS) is 18.2. The lowest BCUT2D eigenvalue weighted by molar-refractivity contribution is -0.137. The minimum absolute atomic E-state index is 0.0458. The molecular weight excluding hydrogens is 525 g/mol. The number of amides is 3. The van der Waals surface area contributed by atoms with Crippen LogP contribution in [0.2, 0.25) is 5.15 Å². The van der Waals surface area contributed by atoms with E-state index in [1.165, 1.54) is 50.2 Å². The van der Waals surface area contributed by atoms with E-state index in [1.807, 2.05) is 0 Å². The molecule has 194 valence electrons. The van der Waals surface area contributed by atoms with Crippen molar-refractivity contribution < 1.29 is 36.3 Å². The van der Waals surface area contributed by atoms with Crippen LogP contribution in [0, 0.1) is 6.92 Å². The summed E-state index contributed by atoms with van der Waals surface area (Å²) < 4.78 is 69.4. The first-order valence-corrected chi connectivity index (χ1v) is 10.9. The highest BCUT2D eigenvalue weighted by atomic mass is 35.5. The molecular formula is C23H17ClF5N5O3. The van der Waals surface area contributed by atoms with Crippen LogP contribution >= 0.6 is 11.6 Å². The summed E-state index contributed by atoms with van der Waals surface area (Å²) in [4.78, 5) is 25.6. The van der Waals surface area contributed by atoms with Gasteiger partial charge < -0.3 is 10.1 Å². The largest absolute Gasteiger partial charge is 0.435 e. The van der Waals surface area contributed by atoms with Gasteiger partial charge in [-0.1, -0.05) is 29.8 Å². The maximum absolute atomic E-state index is 13.1. The first-order valence-electron chi connectivity index (χ1n) is 10.5. The molecule has 1 fully saturated rings. The van der Waals surface area contributed by atoms with Crippen molar-refractivity contribution in [2.75, 3.05) is 0 Å². The van der Waals surface area contributed by atoms with Crippen LogP contribution in [0.4, 0.5) is 26.7 Å². The Balaban J connectivity index is 1.59. The minimum Gasteiger partial charge on any atom is -0.435 e. The summed E-state index contributed by atoms with van der Waals surface area (Å²) in [6.45, 7) is -0.0845. The molecule has 3 aromatic rings. The van der Waals surface area contributed by atoms with Crippen LogP contribution in [-0.2, 0) is 16.5 Å². The summed E-state index contributed by atoms with van der Waals surface area (Å²) >= 11 is 6.35. The predicted molar refractivity (Wildman–Crippen MR) is 122 cm³/mol. The van der Waals surface area contributed by atoms with Crippen LogP contribution < -0.4 is 10.1 Å². The molecule has 1 N–H and O–H groups in total. The fraction of sp³-hybridized carbons (Fsp3) is 0.217. The number of hydrogen-bond donors (Lipinski definition) is 1. The third-order valence-corrected chi connectivity index (χ3v) is 5.96. The Morgan fingerprint density at radius 3 is 2.46 bits per heavy atom. The van der Waals surface area contributed by atoms with Crippen LogP contribution in [-0.4, -0.2) is 39.6 Å². The third-order valence-electron chi connectivity index (χ3n) is 5.59. The number of imide groups is 1. The van der Waals surface area contributed by atoms with E-state index in [9.17, 15) is 31.5 Å². The number of ether oxygens (including phenoxy) is 1. The van der Waals surface area contributed by atoms with Gasteiger partial charge in [0.05, 0.1) is 28.7 Å². The van der Waals surface area contributed by atoms with Crippen molar-refractivity contribution >= 4 is 29.8 Å². The molecule has 1 aliphatic rings. The highest BCUT2D eigenvalue weighted by molar-refractivity contribution is 6.32. The van der Waals surface area contributed by atoms with Gasteiger partial charge in [-0.3, -0.25) is 4.79 Å². The van der Waals surface area contributed by atoms with Crippen molar-refractivity contribution in [2.45, 2.75) is 32.2 Å². The number of carbonyl (C=O) groups excluding carboxylic acids is 2. The number of halogens is 6. The SMILES string of the molecule is Cc1nn(-c2cccc(C(F)(F)F)c2)c(Cl)c1/C=N\N1C(=O)N[C@@](C)(c2ccc(OC(F)F)cc2)C1=O. The van der Waals surface area contributed by atoms with Gasteiger partial charge in [-0.05, 0) is 49.7 Å². The molecule has 0 bridgehead atoms. The number of hydrogen-bond acceptors (Lipinski definition) is 5. The van der Waals surface area contributed by atoms with Crippen LogP contribution in [0.25, 0.3) is 5.69 Å². The number of rotatable bonds is 6. The van der Waals surface area contributed by atoms with Gasteiger partial charge in [0, 0.05) is 0 Å². The number of benzene rings is 2. The molecule has 0 aliphatic carbocycles. The Morgan fingerprint density at radius 2 is 1.84 bits per heavy atom. The number of aryl methyl sites for hydroxylation is 1. The van der Waals surface area contributed by atoms with Gasteiger partial charge in [0.1, 0.15) is 16.4 Å². The molecule has 1 atom stereocenters. The molecule has 14 heteroatoms. The van der Waals surface area contributed by atoms with E-state index in [0.717, 1.165) is 23.0 Å². The third kappa shape index (κ3) is 4.99. The van der Waals surface area contributed by atoms with E-state index in [0.29, 0.717) is 5.01 Å². The molecule has 0 spiro atoms. The Kier molecular flexibility index (Phi) is 6.67. The molecule has 37 heavy (non-hydrogen) atoms. The first-order chi connectivity index (χ1) is 17.3. The van der Waals surface area contributed by atoms with Gasteiger partial charge in [0.25, 0.3) is 5.91 Å². The smallest absolute Gasteiger partial charge is 0.416 e. The van der Waals surface area contributed by atoms with Gasteiger partial charge in [-0.25, -0.2) is 9.48 Å². The van der Waals surface area contributed by atoms with Crippen molar-refractivity contribution in [3.63, 3.8) is 0 Å². The molecule has 8 nitrogen and oxygen atoms in total. The van der Waals surface area contributed by atoms with Gasteiger partial charge in [-0.15, -0.1) is 5.01 Å². The number of aromatic nitrogens is 2. The van der Waals surface area contributed by atoms with E-state index in [1.54, 1.807) is 0 Å². The van der Waals surface area contributed by atoms with Gasteiger partial charge in [0.15, 0.2) is 0 Å². The lowest BCUT2D eigenvalue weighted by atomic mass is 9.92. The summed E-state index contributed by atoms with van der Waals surface area (Å²) in [7, 11) is 0. The predicted octanol–water partition coefficient (Wildman–Crippen LogP) is 5.26. The maximum Gasteiger partial charge on any atom is 0.416 e. The summed E-state index contributed by atoms with van der Waals surface area (Å²) in [6, 6.07) is 8.66. The molecule has 3 amide bonds. The average Bonchev–Trinajstić information content (AvgIpc) is 3.23. The lowest BCUT2D eigenvalue weighted by Crippen LogP contribution is -2.40. The lowest BCUT2D eigenvalue weighted by Gasteiger charge is -2.21. The number of nitrogens with zero attached hydrogens (tertiary/aromatic N) is 4. The molecule has 0 unspecified atom stereocenters. The second-order valence-corrected chi connectivity index (χ2v) is 8.43. The standard InChI is InChI=1S/C23H17ClF5N5O3/c1-12-17(18(24)33(32-12)15-5-3-4-14(10-15)23(27,28)29)11-30-34-19(35)22(2,31-21(34)36)13-6-8-16(9-7-13)37-20(25)26/h3-11,20H,1-2H3,(H,31,36)/b30-11-/t22-/m0/s1. The van der Waals surface area contributed by atoms with E-state index in [-0.39, 0.29) is 33.4 Å². The highest BCUT2D eigenvalue weighted by Gasteiger charge is 2.49. The zero-order chi connectivity index (χ0) is 27.1. The van der Waals surface area contributed by atoms with Crippen molar-refractivity contribution in [1.29, 1.82) is 0 Å². The Morgan fingerprint density at radius 1 is 1.16 bits per heavy atom. The summed E-state index contributed by atoms with van der Waals surface area (Å²) in [5.74, 6) is -0.896. The number of carbonyl (C=O) groups is 2. The average molecular weight is 542 g/mol. The zero-order valence-electron chi connectivity index (χ0n) is 19.1. The maximum atomic E-state index is 13.1. The topological polar surface area (TPSA) is 88.8 Å². The fourth-order valence-corrected chi connectivity index (χ4v) is 3.97. The summed E-state index contributed by atoms with van der Waals surface area (Å²) in [5, 5.41) is 11.0. The number of hydrazone groups is 1. The molecule has 1 aliphatic heterocycles. The van der Waals surface area contributed by atoms with Crippen LogP contribution in [0.3, 0.4) is 0 Å². The Hall–Kier alpha value is -4.00. The van der Waals surface area contributed by atoms with Crippen LogP contribution in [0.5, 0.6) is 5.75 Å². The van der Waals surface area contributed by atoms with E-state index < -0.39 is 35.8 Å². The van der Waals surface area contributed by atoms with Crippen LogP contribution in [0.1, 0.15) is 29.3 Å². The molecule has 1 saturated heterocycles. The number of alkyl halides is 5. The van der Waals surface area contributed by atoms with Crippen molar-refractivity contribution in [3.8, 4) is 11.4 Å². The summed E-state index contributed by atoms with van der Waals surface area (Å²) in [6.07, 6.45) is -3.47. The van der Waals surface area contributed by atoms with E-state index >= 15 is 0 Å². The molecule has 2 heterocycles. The first kappa shape index (κ1) is 26.1. The molecule has 0 saturated carbocycles. The van der Waals surface area contributed by atoms with Crippen molar-refractivity contribution in [1.82, 2.24) is 20.1 Å². The molecule has 2 aromatic carbocycles. The Labute approximate surface area is 211 Å². The van der Waals surface area contributed by atoms with Crippen molar-refractivity contribution in [2.24, 2.45) is 5.10 Å². The monoisotopic (exact) mass is 541 g/mol. The quantitative estimate of drug-likeness (QED) is 0.262. The second kappa shape index (κ2) is 9.47. The number of nitrogens with one attached hydrogen (secondary N) is 1. The fourth-order valence-electron chi connectivity index (χ4n) is 3.65. The molecule has 1 aromatic heterocycles. The van der Waals surface area contributed by atoms with Gasteiger partial charge in [0.2, 0.25) is 0 Å². The zero-order valence-corrected chi connectivity index (χ0v) is 19.8. The Bertz CT molecular complexity index is 1390. The van der Waals surface area contributed by atoms with Crippen molar-refractivity contribution in [3.05, 3.63) is 76.1 Å². The summed E-state index contributed by atoms with van der Waals surface area (Å²) in [5.41, 5.74) is -1.67. The van der Waals surface area contributed by atoms with Gasteiger partial charge in [-0.2, -0.15) is 32.2 Å². The van der Waals surface area contributed by atoms with E-state index in [4.69, 9.17) is 11.6 Å². The molecule has 0 radical (unpaired) electrons. The minimum atomic E-state index is -4.57. The molecule has 4 rings (SSSR count).